The summed E-state index contributed by atoms with van der Waals surface area (Å²) >= 11 is 5.83. The fraction of sp³-hybridized carbons (Fsp3) is 0.0625. The van der Waals surface area contributed by atoms with Crippen LogP contribution in [0.5, 0.6) is 0 Å². The number of anilines is 5. The fourth-order valence-corrected chi connectivity index (χ4v) is 2.12. The number of hydrogen-bond donors (Lipinski definition) is 3. The van der Waals surface area contributed by atoms with E-state index in [4.69, 9.17) is 17.3 Å². The summed E-state index contributed by atoms with van der Waals surface area (Å²) in [5.41, 5.74) is 8.60. The number of benzene rings is 1. The predicted octanol–water partition coefficient (Wildman–Crippen LogP) is 3.90. The van der Waals surface area contributed by atoms with E-state index in [1.165, 1.54) is 6.33 Å². The number of halogens is 1. The van der Waals surface area contributed by atoms with E-state index in [-0.39, 0.29) is 0 Å². The lowest BCUT2D eigenvalue weighted by Gasteiger charge is -2.13. The highest BCUT2D eigenvalue weighted by Crippen LogP contribution is 2.28. The molecule has 2 heterocycles. The molecule has 0 aliphatic heterocycles. The maximum atomic E-state index is 6.16. The normalized spacial score (nSPS) is 10.3. The molecule has 1 aromatic carbocycles. The van der Waals surface area contributed by atoms with Crippen LogP contribution in [0.2, 0.25) is 5.02 Å². The molecule has 23 heavy (non-hydrogen) atoms. The van der Waals surface area contributed by atoms with Gasteiger partial charge in [-0.2, -0.15) is 0 Å². The third kappa shape index (κ3) is 3.49. The van der Waals surface area contributed by atoms with Crippen LogP contribution in [0.3, 0.4) is 0 Å². The van der Waals surface area contributed by atoms with E-state index in [2.05, 4.69) is 25.6 Å². The summed E-state index contributed by atoms with van der Waals surface area (Å²) in [4.78, 5) is 12.5. The molecule has 3 rings (SSSR count). The van der Waals surface area contributed by atoms with Crippen molar-refractivity contribution in [1.82, 2.24) is 15.0 Å². The van der Waals surface area contributed by atoms with E-state index in [0.717, 1.165) is 11.3 Å². The molecule has 0 aliphatic carbocycles. The molecule has 2 aromatic heterocycles. The minimum absolute atomic E-state index is 0.410. The van der Waals surface area contributed by atoms with Gasteiger partial charge in [0.15, 0.2) is 11.6 Å². The van der Waals surface area contributed by atoms with E-state index in [0.29, 0.717) is 28.2 Å². The van der Waals surface area contributed by atoms with Crippen molar-refractivity contribution in [3.63, 3.8) is 0 Å². The fourth-order valence-electron chi connectivity index (χ4n) is 2.01. The van der Waals surface area contributed by atoms with Gasteiger partial charge in [0.2, 0.25) is 0 Å². The highest BCUT2D eigenvalue weighted by Gasteiger charge is 2.10. The van der Waals surface area contributed by atoms with Crippen LogP contribution in [0.15, 0.2) is 48.9 Å². The molecule has 0 spiro atoms. The molecule has 0 amide bonds. The number of para-hydroxylation sites is 1. The Bertz CT molecular complexity index is 819. The first-order valence-corrected chi connectivity index (χ1v) is 7.33. The van der Waals surface area contributed by atoms with Gasteiger partial charge in [-0.1, -0.05) is 29.8 Å². The highest BCUT2D eigenvalue weighted by atomic mass is 35.5. The van der Waals surface area contributed by atoms with Gasteiger partial charge >= 0.3 is 0 Å². The summed E-state index contributed by atoms with van der Waals surface area (Å²) < 4.78 is 0. The summed E-state index contributed by atoms with van der Waals surface area (Å²) in [5, 5.41) is 6.84. The van der Waals surface area contributed by atoms with Crippen molar-refractivity contribution in [2.24, 2.45) is 0 Å². The molecule has 6 nitrogen and oxygen atoms in total. The van der Waals surface area contributed by atoms with Crippen molar-refractivity contribution < 1.29 is 0 Å². The molecular formula is C16H15ClN6. The van der Waals surface area contributed by atoms with E-state index in [9.17, 15) is 0 Å². The molecule has 0 radical (unpaired) electrons. The number of rotatable bonds is 4. The average molecular weight is 327 g/mol. The average Bonchev–Trinajstić information content (AvgIpc) is 2.55. The largest absolute Gasteiger partial charge is 0.393 e. The zero-order valence-corrected chi connectivity index (χ0v) is 13.2. The van der Waals surface area contributed by atoms with E-state index in [1.54, 1.807) is 18.3 Å². The Labute approximate surface area is 138 Å². The molecule has 0 bridgehead atoms. The Morgan fingerprint density at radius 2 is 1.70 bits per heavy atom. The predicted molar refractivity (Wildman–Crippen MR) is 93.4 cm³/mol. The Kier molecular flexibility index (Phi) is 4.25. The SMILES string of the molecule is Cc1ccccc1Nc1ncnc(Nc2ccc(Cl)cn2)c1N. The zero-order chi connectivity index (χ0) is 16.2. The van der Waals surface area contributed by atoms with Gasteiger partial charge in [0.1, 0.15) is 17.8 Å². The molecule has 0 aliphatic rings. The lowest BCUT2D eigenvalue weighted by molar-refractivity contribution is 1.16. The third-order valence-electron chi connectivity index (χ3n) is 3.26. The van der Waals surface area contributed by atoms with Crippen molar-refractivity contribution in [3.05, 3.63) is 59.5 Å². The first kappa shape index (κ1) is 15.1. The highest BCUT2D eigenvalue weighted by molar-refractivity contribution is 6.30. The van der Waals surface area contributed by atoms with Crippen molar-refractivity contribution >= 4 is 40.4 Å². The number of aryl methyl sites for hydroxylation is 1. The van der Waals surface area contributed by atoms with Gasteiger partial charge in [-0.15, -0.1) is 0 Å². The van der Waals surface area contributed by atoms with Gasteiger partial charge in [0.25, 0.3) is 0 Å². The number of nitrogens with one attached hydrogen (secondary N) is 2. The van der Waals surface area contributed by atoms with Crippen LogP contribution in [-0.2, 0) is 0 Å². The maximum absolute atomic E-state index is 6.16. The maximum Gasteiger partial charge on any atom is 0.160 e. The lowest BCUT2D eigenvalue weighted by Crippen LogP contribution is -2.06. The van der Waals surface area contributed by atoms with Crippen LogP contribution in [0.25, 0.3) is 0 Å². The van der Waals surface area contributed by atoms with Crippen LogP contribution in [0.4, 0.5) is 28.8 Å². The summed E-state index contributed by atoms with van der Waals surface area (Å²) in [6.07, 6.45) is 2.99. The summed E-state index contributed by atoms with van der Waals surface area (Å²) in [6, 6.07) is 11.4. The minimum Gasteiger partial charge on any atom is -0.393 e. The molecule has 7 heteroatoms. The van der Waals surface area contributed by atoms with Crippen LogP contribution >= 0.6 is 11.6 Å². The van der Waals surface area contributed by atoms with Crippen molar-refractivity contribution in [2.75, 3.05) is 16.4 Å². The van der Waals surface area contributed by atoms with Crippen LogP contribution in [-0.4, -0.2) is 15.0 Å². The summed E-state index contributed by atoms with van der Waals surface area (Å²) in [7, 11) is 0. The topological polar surface area (TPSA) is 88.8 Å². The lowest BCUT2D eigenvalue weighted by atomic mass is 10.2. The second-order valence-corrected chi connectivity index (χ2v) is 5.35. The Morgan fingerprint density at radius 1 is 0.957 bits per heavy atom. The van der Waals surface area contributed by atoms with Crippen molar-refractivity contribution in [3.8, 4) is 0 Å². The number of hydrogen-bond acceptors (Lipinski definition) is 6. The third-order valence-corrected chi connectivity index (χ3v) is 3.48. The van der Waals surface area contributed by atoms with Gasteiger partial charge in [0.05, 0.1) is 5.02 Å². The second-order valence-electron chi connectivity index (χ2n) is 4.91. The smallest absolute Gasteiger partial charge is 0.160 e. The minimum atomic E-state index is 0.410. The standard InChI is InChI=1S/C16H15ClN6/c1-10-4-2-3-5-12(10)22-15-14(18)16(21-9-20-15)23-13-7-6-11(17)8-19-13/h2-9H,18H2,1H3,(H2,19,20,21,22,23). The van der Waals surface area contributed by atoms with Crippen LogP contribution in [0.1, 0.15) is 5.56 Å². The molecule has 116 valence electrons. The van der Waals surface area contributed by atoms with Crippen molar-refractivity contribution in [2.45, 2.75) is 6.92 Å². The summed E-state index contributed by atoms with van der Waals surface area (Å²) in [6.45, 7) is 2.01. The molecule has 0 unspecified atom stereocenters. The molecule has 4 N–H and O–H groups in total. The summed E-state index contributed by atoms with van der Waals surface area (Å²) in [5.74, 6) is 1.61. The second kappa shape index (κ2) is 6.50. The number of nitrogens with zero attached hydrogens (tertiary/aromatic N) is 3. The monoisotopic (exact) mass is 326 g/mol. The molecule has 0 saturated carbocycles. The van der Waals surface area contributed by atoms with Crippen molar-refractivity contribution in [1.29, 1.82) is 0 Å². The van der Waals surface area contributed by atoms with E-state index in [1.807, 2.05) is 31.2 Å². The zero-order valence-electron chi connectivity index (χ0n) is 12.4. The number of nitrogen functional groups attached to an aromatic ring is 1. The van der Waals surface area contributed by atoms with E-state index >= 15 is 0 Å². The quantitative estimate of drug-likeness (QED) is 0.673. The Morgan fingerprint density at radius 3 is 2.39 bits per heavy atom. The van der Waals surface area contributed by atoms with Gasteiger partial charge in [-0.3, -0.25) is 0 Å². The molecule has 0 atom stereocenters. The van der Waals surface area contributed by atoms with Crippen LogP contribution in [0, 0.1) is 6.92 Å². The van der Waals surface area contributed by atoms with E-state index < -0.39 is 0 Å². The van der Waals surface area contributed by atoms with Gasteiger partial charge in [-0.05, 0) is 30.7 Å². The Hall–Kier alpha value is -2.86. The number of pyridine rings is 1. The molecular weight excluding hydrogens is 312 g/mol. The van der Waals surface area contributed by atoms with Gasteiger partial charge < -0.3 is 16.4 Å². The molecule has 0 fully saturated rings. The van der Waals surface area contributed by atoms with Gasteiger partial charge in [0, 0.05) is 11.9 Å². The first-order valence-electron chi connectivity index (χ1n) is 6.95. The molecule has 0 saturated heterocycles. The van der Waals surface area contributed by atoms with Crippen LogP contribution < -0.4 is 16.4 Å². The molecule has 3 aromatic rings. The number of nitrogens with two attached hydrogens (primary N) is 1. The van der Waals surface area contributed by atoms with Gasteiger partial charge in [-0.25, -0.2) is 15.0 Å². The Balaban J connectivity index is 1.86. The number of aromatic nitrogens is 3. The first-order chi connectivity index (χ1) is 11.1.